The summed E-state index contributed by atoms with van der Waals surface area (Å²) >= 11 is 0. The van der Waals surface area contributed by atoms with Crippen LogP contribution in [0.1, 0.15) is 45.1 Å². The quantitative estimate of drug-likeness (QED) is 0.734. The average Bonchev–Trinajstić information content (AvgIpc) is 2.38. The summed E-state index contributed by atoms with van der Waals surface area (Å²) < 4.78 is 26.9. The third kappa shape index (κ3) is 6.27. The minimum atomic E-state index is -3.54. The van der Waals surface area contributed by atoms with Crippen LogP contribution in [0.15, 0.2) is 29.2 Å². The van der Waals surface area contributed by atoms with Crippen molar-refractivity contribution in [3.05, 3.63) is 29.8 Å². The molecule has 0 fully saturated rings. The number of hydrogen-bond donors (Lipinski definition) is 2. The fourth-order valence-corrected chi connectivity index (χ4v) is 3.35. The lowest BCUT2D eigenvalue weighted by Gasteiger charge is -2.14. The first-order valence-electron chi connectivity index (χ1n) is 7.18. The number of benzene rings is 1. The molecule has 1 aromatic carbocycles. The van der Waals surface area contributed by atoms with Crippen LogP contribution in [0.4, 0.5) is 0 Å². The highest BCUT2D eigenvalue weighted by atomic mass is 32.2. The van der Waals surface area contributed by atoms with Gasteiger partial charge in [0.05, 0.1) is 4.90 Å². The molecule has 1 atom stereocenters. The van der Waals surface area contributed by atoms with Crippen LogP contribution in [0.5, 0.6) is 0 Å². The Morgan fingerprint density at radius 2 is 1.90 bits per heavy atom. The monoisotopic (exact) mass is 313 g/mol. The van der Waals surface area contributed by atoms with Crippen LogP contribution in [0.25, 0.3) is 0 Å². The Balaban J connectivity index is 2.61. The molecule has 1 unspecified atom stereocenters. The smallest absolute Gasteiger partial charge is 0.303 e. The third-order valence-corrected chi connectivity index (χ3v) is 4.76. The standard InChI is InChI=1S/C15H23NO4S/c1-3-5-13-8-10-14(11-9-13)21(19,20)16-12(2)6-4-7-15(17)18/h8-12,16H,3-7H2,1-2H3,(H,17,18). The summed E-state index contributed by atoms with van der Waals surface area (Å²) in [5.41, 5.74) is 1.12. The van der Waals surface area contributed by atoms with Gasteiger partial charge in [-0.25, -0.2) is 13.1 Å². The Labute approximate surface area is 126 Å². The Morgan fingerprint density at radius 1 is 1.29 bits per heavy atom. The minimum Gasteiger partial charge on any atom is -0.481 e. The predicted octanol–water partition coefficient (Wildman–Crippen LogP) is 2.56. The van der Waals surface area contributed by atoms with E-state index >= 15 is 0 Å². The molecule has 0 aromatic heterocycles. The van der Waals surface area contributed by atoms with Crippen LogP contribution in [-0.4, -0.2) is 25.5 Å². The van der Waals surface area contributed by atoms with Crippen molar-refractivity contribution in [3.63, 3.8) is 0 Å². The molecule has 2 N–H and O–H groups in total. The van der Waals surface area contributed by atoms with Crippen molar-refractivity contribution in [1.29, 1.82) is 0 Å². The van der Waals surface area contributed by atoms with E-state index in [1.165, 1.54) is 0 Å². The van der Waals surface area contributed by atoms with E-state index in [1.54, 1.807) is 19.1 Å². The molecule has 0 aliphatic heterocycles. The topological polar surface area (TPSA) is 83.5 Å². The van der Waals surface area contributed by atoms with Crippen LogP contribution in [0.3, 0.4) is 0 Å². The molecule has 6 heteroatoms. The first-order chi connectivity index (χ1) is 9.85. The van der Waals surface area contributed by atoms with E-state index in [4.69, 9.17) is 5.11 Å². The van der Waals surface area contributed by atoms with E-state index in [2.05, 4.69) is 11.6 Å². The fraction of sp³-hybridized carbons (Fsp3) is 0.533. The van der Waals surface area contributed by atoms with Crippen molar-refractivity contribution in [3.8, 4) is 0 Å². The number of aryl methyl sites for hydroxylation is 1. The first-order valence-corrected chi connectivity index (χ1v) is 8.66. The highest BCUT2D eigenvalue weighted by Gasteiger charge is 2.17. The van der Waals surface area contributed by atoms with Gasteiger partial charge >= 0.3 is 5.97 Å². The maximum atomic E-state index is 12.2. The molecule has 0 saturated heterocycles. The van der Waals surface area contributed by atoms with Crippen molar-refractivity contribution >= 4 is 16.0 Å². The summed E-state index contributed by atoms with van der Waals surface area (Å²) in [5.74, 6) is -0.864. The number of sulfonamides is 1. The van der Waals surface area contributed by atoms with Gasteiger partial charge in [-0.2, -0.15) is 0 Å². The van der Waals surface area contributed by atoms with Gasteiger partial charge in [-0.1, -0.05) is 25.5 Å². The lowest BCUT2D eigenvalue weighted by atomic mass is 10.1. The molecule has 1 rings (SSSR count). The van der Waals surface area contributed by atoms with Crippen LogP contribution >= 0.6 is 0 Å². The van der Waals surface area contributed by atoms with Crippen molar-refractivity contribution in [2.45, 2.75) is 56.9 Å². The summed E-state index contributed by atoms with van der Waals surface area (Å²) in [6, 6.07) is 6.58. The van der Waals surface area contributed by atoms with Gasteiger partial charge in [0, 0.05) is 12.5 Å². The van der Waals surface area contributed by atoms with Gasteiger partial charge in [0.25, 0.3) is 0 Å². The Morgan fingerprint density at radius 3 is 2.43 bits per heavy atom. The molecule has 0 heterocycles. The lowest BCUT2D eigenvalue weighted by Crippen LogP contribution is -2.32. The molecule has 0 spiro atoms. The molecule has 0 amide bonds. The van der Waals surface area contributed by atoms with Gasteiger partial charge in [0.15, 0.2) is 0 Å². The maximum Gasteiger partial charge on any atom is 0.303 e. The molecule has 1 aromatic rings. The predicted molar refractivity (Wildman–Crippen MR) is 81.7 cm³/mol. The molecule has 21 heavy (non-hydrogen) atoms. The van der Waals surface area contributed by atoms with Gasteiger partial charge in [0.1, 0.15) is 0 Å². The SMILES string of the molecule is CCCc1ccc(S(=O)(=O)NC(C)CCCC(=O)O)cc1. The van der Waals surface area contributed by atoms with Gasteiger partial charge in [-0.3, -0.25) is 4.79 Å². The zero-order chi connectivity index (χ0) is 15.9. The molecule has 0 saturated carbocycles. The summed E-state index contributed by atoms with van der Waals surface area (Å²) in [7, 11) is -3.54. The normalized spacial score (nSPS) is 13.0. The second-order valence-electron chi connectivity index (χ2n) is 5.20. The summed E-state index contributed by atoms with van der Waals surface area (Å²) in [6.07, 6.45) is 2.95. The largest absolute Gasteiger partial charge is 0.481 e. The van der Waals surface area contributed by atoms with E-state index in [1.807, 2.05) is 12.1 Å². The number of carboxylic acids is 1. The van der Waals surface area contributed by atoms with Crippen molar-refractivity contribution in [2.75, 3.05) is 0 Å². The molecule has 0 aliphatic carbocycles. The van der Waals surface area contributed by atoms with Crippen LogP contribution < -0.4 is 4.72 Å². The van der Waals surface area contributed by atoms with Gasteiger partial charge in [-0.05, 0) is 43.9 Å². The summed E-state index contributed by atoms with van der Waals surface area (Å²) in [4.78, 5) is 10.7. The van der Waals surface area contributed by atoms with E-state index in [0.29, 0.717) is 12.8 Å². The van der Waals surface area contributed by atoms with Crippen LogP contribution in [-0.2, 0) is 21.2 Å². The zero-order valence-electron chi connectivity index (χ0n) is 12.5. The average molecular weight is 313 g/mol. The van der Waals surface area contributed by atoms with Crippen molar-refractivity contribution in [2.24, 2.45) is 0 Å². The van der Waals surface area contributed by atoms with Crippen LogP contribution in [0, 0.1) is 0 Å². The van der Waals surface area contributed by atoms with Crippen LogP contribution in [0.2, 0.25) is 0 Å². The second kappa shape index (κ2) is 8.14. The number of rotatable bonds is 9. The maximum absolute atomic E-state index is 12.2. The molecule has 118 valence electrons. The Bertz CT molecular complexity index is 552. The van der Waals surface area contributed by atoms with Gasteiger partial charge < -0.3 is 5.11 Å². The number of carbonyl (C=O) groups is 1. The highest BCUT2D eigenvalue weighted by molar-refractivity contribution is 7.89. The highest BCUT2D eigenvalue weighted by Crippen LogP contribution is 2.13. The molecule has 5 nitrogen and oxygen atoms in total. The van der Waals surface area contributed by atoms with E-state index in [-0.39, 0.29) is 17.4 Å². The molecule has 0 aliphatic rings. The van der Waals surface area contributed by atoms with E-state index in [0.717, 1.165) is 18.4 Å². The van der Waals surface area contributed by atoms with E-state index < -0.39 is 16.0 Å². The molecule has 0 radical (unpaired) electrons. The number of hydrogen-bond acceptors (Lipinski definition) is 3. The molecular weight excluding hydrogens is 290 g/mol. The Hall–Kier alpha value is -1.40. The number of carboxylic acid groups (broad SMARTS) is 1. The fourth-order valence-electron chi connectivity index (χ4n) is 2.08. The zero-order valence-corrected chi connectivity index (χ0v) is 13.3. The summed E-state index contributed by atoms with van der Waals surface area (Å²) in [5, 5.41) is 8.57. The minimum absolute atomic E-state index is 0.0534. The van der Waals surface area contributed by atoms with Crippen molar-refractivity contribution in [1.82, 2.24) is 4.72 Å². The summed E-state index contributed by atoms with van der Waals surface area (Å²) in [6.45, 7) is 3.82. The number of aliphatic carboxylic acids is 1. The molecular formula is C15H23NO4S. The van der Waals surface area contributed by atoms with E-state index in [9.17, 15) is 13.2 Å². The second-order valence-corrected chi connectivity index (χ2v) is 6.92. The van der Waals surface area contributed by atoms with Crippen molar-refractivity contribution < 1.29 is 18.3 Å². The lowest BCUT2D eigenvalue weighted by molar-refractivity contribution is -0.137. The van der Waals surface area contributed by atoms with Gasteiger partial charge in [-0.15, -0.1) is 0 Å². The third-order valence-electron chi connectivity index (χ3n) is 3.16. The van der Waals surface area contributed by atoms with Gasteiger partial charge in [0.2, 0.25) is 10.0 Å². The first kappa shape index (κ1) is 17.7. The Kier molecular flexibility index (Phi) is 6.84. The number of nitrogens with one attached hydrogen (secondary N) is 1. The molecule has 0 bridgehead atoms.